The Bertz CT molecular complexity index is 1440. The molecule has 1 atom stereocenters. The van der Waals surface area contributed by atoms with Crippen LogP contribution in [0.3, 0.4) is 0 Å². The molecule has 1 N–H and O–H groups in total. The zero-order chi connectivity index (χ0) is 26.2. The summed E-state index contributed by atoms with van der Waals surface area (Å²) < 4.78 is 39.7. The SMILES string of the molecule is CC1CN(CCS(=O)(=O)N[C@@H]2CCc3c(-c4noc(-c5ccc(OC(C)C)c(C#N)c5)n4)cccc32)C1. The van der Waals surface area contributed by atoms with Gasteiger partial charge in [-0.05, 0) is 61.9 Å². The molecule has 1 saturated heterocycles. The highest BCUT2D eigenvalue weighted by molar-refractivity contribution is 7.89. The van der Waals surface area contributed by atoms with Gasteiger partial charge >= 0.3 is 0 Å². The number of benzene rings is 2. The highest BCUT2D eigenvalue weighted by Gasteiger charge is 2.30. The number of sulfonamides is 1. The third-order valence-electron chi connectivity index (χ3n) is 6.79. The number of rotatable bonds is 9. The molecule has 1 aromatic heterocycles. The number of nitriles is 1. The van der Waals surface area contributed by atoms with Crippen molar-refractivity contribution in [2.75, 3.05) is 25.4 Å². The van der Waals surface area contributed by atoms with Crippen LogP contribution in [0.15, 0.2) is 40.9 Å². The van der Waals surface area contributed by atoms with E-state index in [1.807, 2.05) is 32.0 Å². The molecule has 1 fully saturated rings. The van der Waals surface area contributed by atoms with E-state index in [-0.39, 0.29) is 17.9 Å². The lowest BCUT2D eigenvalue weighted by atomic mass is 10.0. The summed E-state index contributed by atoms with van der Waals surface area (Å²) in [6, 6.07) is 12.9. The third-order valence-corrected chi connectivity index (χ3v) is 8.15. The van der Waals surface area contributed by atoms with Gasteiger partial charge < -0.3 is 14.2 Å². The molecule has 0 saturated carbocycles. The molecule has 5 rings (SSSR count). The fourth-order valence-electron chi connectivity index (χ4n) is 5.08. The molecule has 2 aliphatic rings. The van der Waals surface area contributed by atoms with Gasteiger partial charge in [-0.15, -0.1) is 0 Å². The maximum Gasteiger partial charge on any atom is 0.258 e. The Morgan fingerprint density at radius 3 is 2.81 bits per heavy atom. The van der Waals surface area contributed by atoms with E-state index in [2.05, 4.69) is 32.8 Å². The number of nitrogens with zero attached hydrogens (tertiary/aromatic N) is 4. The smallest absolute Gasteiger partial charge is 0.258 e. The first kappa shape index (κ1) is 25.4. The monoisotopic (exact) mass is 521 g/mol. The maximum atomic E-state index is 12.8. The zero-order valence-corrected chi connectivity index (χ0v) is 22.1. The Labute approximate surface area is 217 Å². The van der Waals surface area contributed by atoms with Gasteiger partial charge in [-0.1, -0.05) is 30.3 Å². The van der Waals surface area contributed by atoms with E-state index in [1.54, 1.807) is 18.2 Å². The van der Waals surface area contributed by atoms with Crippen molar-refractivity contribution in [2.45, 2.75) is 45.8 Å². The molecule has 1 aliphatic carbocycles. The quantitative estimate of drug-likeness (QED) is 0.450. The zero-order valence-electron chi connectivity index (χ0n) is 21.3. The Morgan fingerprint density at radius 1 is 1.27 bits per heavy atom. The number of aromatic nitrogens is 2. The second-order valence-electron chi connectivity index (χ2n) is 10.2. The highest BCUT2D eigenvalue weighted by Crippen LogP contribution is 2.38. The van der Waals surface area contributed by atoms with Crippen LogP contribution in [0.4, 0.5) is 0 Å². The predicted molar refractivity (Wildman–Crippen MR) is 139 cm³/mol. The minimum absolute atomic E-state index is 0.0502. The van der Waals surface area contributed by atoms with E-state index in [1.165, 1.54) is 0 Å². The normalized spacial score (nSPS) is 18.0. The molecule has 194 valence electrons. The largest absolute Gasteiger partial charge is 0.490 e. The molecular weight excluding hydrogens is 490 g/mol. The van der Waals surface area contributed by atoms with Gasteiger partial charge in [-0.2, -0.15) is 10.2 Å². The van der Waals surface area contributed by atoms with Crippen LogP contribution < -0.4 is 9.46 Å². The number of nitrogens with one attached hydrogen (secondary N) is 1. The number of fused-ring (bicyclic) bond motifs is 1. The third kappa shape index (κ3) is 5.54. The Balaban J connectivity index is 1.33. The lowest BCUT2D eigenvalue weighted by Gasteiger charge is -2.37. The van der Waals surface area contributed by atoms with E-state index in [9.17, 15) is 13.7 Å². The van der Waals surface area contributed by atoms with Crippen molar-refractivity contribution < 1.29 is 17.7 Å². The van der Waals surface area contributed by atoms with Crippen LogP contribution in [0, 0.1) is 17.2 Å². The van der Waals surface area contributed by atoms with Crippen molar-refractivity contribution in [1.29, 1.82) is 5.26 Å². The second kappa shape index (κ2) is 10.2. The van der Waals surface area contributed by atoms with E-state index in [0.717, 1.165) is 29.8 Å². The average Bonchev–Trinajstić information content (AvgIpc) is 3.49. The molecule has 0 radical (unpaired) electrons. The van der Waals surface area contributed by atoms with Crippen LogP contribution in [0.2, 0.25) is 0 Å². The molecule has 0 unspecified atom stereocenters. The molecule has 2 heterocycles. The van der Waals surface area contributed by atoms with Gasteiger partial charge in [0.05, 0.1) is 17.4 Å². The summed E-state index contributed by atoms with van der Waals surface area (Å²) in [5, 5.41) is 13.7. The van der Waals surface area contributed by atoms with Crippen molar-refractivity contribution in [3.05, 3.63) is 53.1 Å². The van der Waals surface area contributed by atoms with Crippen molar-refractivity contribution >= 4 is 10.0 Å². The predicted octanol–water partition coefficient (Wildman–Crippen LogP) is 3.92. The molecule has 37 heavy (non-hydrogen) atoms. The molecule has 0 bridgehead atoms. The summed E-state index contributed by atoms with van der Waals surface area (Å²) >= 11 is 0. The first-order chi connectivity index (χ1) is 17.7. The summed E-state index contributed by atoms with van der Waals surface area (Å²) in [4.78, 5) is 6.76. The average molecular weight is 522 g/mol. The van der Waals surface area contributed by atoms with E-state index >= 15 is 0 Å². The Kier molecular flexibility index (Phi) is 7.03. The standard InChI is InChI=1S/C27H31N5O4S/c1-17(2)35-25-10-7-19(13-20(25)14-28)27-29-26(30-36-27)23-6-4-5-22-21(23)8-9-24(22)31-37(33,34)12-11-32-15-18(3)16-32/h4-7,10,13,17-18,24,31H,8-9,11-12,15-16H2,1-3H3/t24-/m1/s1. The van der Waals surface area contributed by atoms with Gasteiger partial charge in [-0.3, -0.25) is 0 Å². The summed E-state index contributed by atoms with van der Waals surface area (Å²) in [5.41, 5.74) is 3.82. The molecule has 0 amide bonds. The van der Waals surface area contributed by atoms with Crippen LogP contribution in [0.5, 0.6) is 5.75 Å². The van der Waals surface area contributed by atoms with Crippen molar-refractivity contribution in [3.8, 4) is 34.7 Å². The van der Waals surface area contributed by atoms with E-state index in [0.29, 0.717) is 53.9 Å². The summed E-state index contributed by atoms with van der Waals surface area (Å²) in [6.07, 6.45) is 1.34. The molecule has 1 aliphatic heterocycles. The van der Waals surface area contributed by atoms with Gasteiger partial charge in [0, 0.05) is 36.8 Å². The van der Waals surface area contributed by atoms with Crippen LogP contribution in [0.1, 0.15) is 49.9 Å². The maximum absolute atomic E-state index is 12.8. The molecule has 3 aromatic rings. The lowest BCUT2D eigenvalue weighted by Crippen LogP contribution is -2.47. The van der Waals surface area contributed by atoms with Crippen molar-refractivity contribution in [2.24, 2.45) is 5.92 Å². The number of hydrogen-bond acceptors (Lipinski definition) is 8. The number of hydrogen-bond donors (Lipinski definition) is 1. The van der Waals surface area contributed by atoms with Crippen LogP contribution in [-0.4, -0.2) is 54.9 Å². The Morgan fingerprint density at radius 2 is 2.08 bits per heavy atom. The molecule has 2 aromatic carbocycles. The van der Waals surface area contributed by atoms with Crippen molar-refractivity contribution in [1.82, 2.24) is 19.8 Å². The van der Waals surface area contributed by atoms with Crippen molar-refractivity contribution in [3.63, 3.8) is 0 Å². The minimum atomic E-state index is -3.40. The first-order valence-electron chi connectivity index (χ1n) is 12.6. The first-order valence-corrected chi connectivity index (χ1v) is 14.3. The summed E-state index contributed by atoms with van der Waals surface area (Å²) in [6.45, 7) is 8.47. The second-order valence-corrected chi connectivity index (χ2v) is 12.1. The van der Waals surface area contributed by atoms with E-state index < -0.39 is 10.0 Å². The fraction of sp³-hybridized carbons (Fsp3) is 0.444. The lowest BCUT2D eigenvalue weighted by molar-refractivity contribution is 0.121. The number of likely N-dealkylation sites (tertiary alicyclic amines) is 1. The van der Waals surface area contributed by atoms with Gasteiger partial charge in [0.1, 0.15) is 11.8 Å². The van der Waals surface area contributed by atoms with Crippen LogP contribution >= 0.6 is 0 Å². The van der Waals surface area contributed by atoms with Gasteiger partial charge in [0.2, 0.25) is 15.8 Å². The fourth-order valence-corrected chi connectivity index (χ4v) is 6.37. The highest BCUT2D eigenvalue weighted by atomic mass is 32.2. The molecule has 9 nitrogen and oxygen atoms in total. The van der Waals surface area contributed by atoms with Crippen LogP contribution in [0.25, 0.3) is 22.8 Å². The molecular formula is C27H31N5O4S. The van der Waals surface area contributed by atoms with Crippen LogP contribution in [-0.2, 0) is 16.4 Å². The topological polar surface area (TPSA) is 121 Å². The van der Waals surface area contributed by atoms with Gasteiger partial charge in [-0.25, -0.2) is 13.1 Å². The minimum Gasteiger partial charge on any atom is -0.490 e. The van der Waals surface area contributed by atoms with E-state index in [4.69, 9.17) is 9.26 Å². The summed E-state index contributed by atoms with van der Waals surface area (Å²) in [5.74, 6) is 1.99. The summed E-state index contributed by atoms with van der Waals surface area (Å²) in [7, 11) is -3.40. The Hall–Kier alpha value is -3.26. The molecule has 0 spiro atoms. The van der Waals surface area contributed by atoms with Gasteiger partial charge in [0.15, 0.2) is 0 Å². The molecule has 10 heteroatoms. The van der Waals surface area contributed by atoms with Gasteiger partial charge in [0.25, 0.3) is 5.89 Å². The number of ether oxygens (including phenoxy) is 1.